The quantitative estimate of drug-likeness (QED) is 0.0817. The van der Waals surface area contributed by atoms with Crippen molar-refractivity contribution in [2.24, 2.45) is 0 Å². The number of ether oxygens (including phenoxy) is 4. The fourth-order valence-corrected chi connectivity index (χ4v) is 4.53. The van der Waals surface area contributed by atoms with E-state index in [0.717, 1.165) is 24.8 Å². The maximum absolute atomic E-state index is 13.1. The van der Waals surface area contributed by atoms with Gasteiger partial charge < -0.3 is 24.3 Å². The second kappa shape index (κ2) is 22.4. The molecule has 43 heavy (non-hydrogen) atoms. The summed E-state index contributed by atoms with van der Waals surface area (Å²) < 4.78 is 21.0. The van der Waals surface area contributed by atoms with Crippen LogP contribution in [0.2, 0.25) is 0 Å². The number of carbonyl (C=O) groups excluding carboxylic acids is 4. The molecule has 0 radical (unpaired) electrons. The number of nitrogens with one attached hydrogen (secondary N) is 1. The van der Waals surface area contributed by atoms with Crippen molar-refractivity contribution in [1.82, 2.24) is 5.32 Å². The Bertz CT molecular complexity index is 928. The summed E-state index contributed by atoms with van der Waals surface area (Å²) in [5.41, 5.74) is 0.0965. The van der Waals surface area contributed by atoms with Crippen LogP contribution in [0.3, 0.4) is 0 Å². The molecular formula is C34H55NO8. The van der Waals surface area contributed by atoms with Gasteiger partial charge in [0, 0.05) is 6.42 Å². The van der Waals surface area contributed by atoms with Crippen molar-refractivity contribution in [3.8, 4) is 0 Å². The van der Waals surface area contributed by atoms with Gasteiger partial charge in [0.1, 0.15) is 18.2 Å². The number of hydrogen-bond acceptors (Lipinski definition) is 8. The van der Waals surface area contributed by atoms with E-state index < -0.39 is 41.7 Å². The molecule has 0 aliphatic rings. The number of methoxy groups -OCH3 is 1. The van der Waals surface area contributed by atoms with Gasteiger partial charge >= 0.3 is 24.0 Å². The van der Waals surface area contributed by atoms with Gasteiger partial charge in [-0.2, -0.15) is 0 Å². The second-order valence-corrected chi connectivity index (χ2v) is 12.0. The number of benzene rings is 1. The highest BCUT2D eigenvalue weighted by molar-refractivity contribution is 5.84. The molecule has 0 heterocycles. The number of alkyl carbamates (subject to hydrolysis) is 1. The molecule has 1 aromatic carbocycles. The minimum absolute atomic E-state index is 0.0474. The third kappa shape index (κ3) is 19.7. The summed E-state index contributed by atoms with van der Waals surface area (Å²) >= 11 is 0. The summed E-state index contributed by atoms with van der Waals surface area (Å²) in [7, 11) is 1.25. The van der Waals surface area contributed by atoms with Gasteiger partial charge in [0.25, 0.3) is 0 Å². The summed E-state index contributed by atoms with van der Waals surface area (Å²) in [5, 5.41) is 2.54. The molecule has 1 rings (SSSR count). The first-order chi connectivity index (χ1) is 20.6. The zero-order chi connectivity index (χ0) is 31.9. The summed E-state index contributed by atoms with van der Waals surface area (Å²) in [5.74, 6) is -1.83. The second-order valence-electron chi connectivity index (χ2n) is 12.0. The van der Waals surface area contributed by atoms with Crippen molar-refractivity contribution >= 4 is 24.0 Å². The standard InChI is InChI=1S/C34H55NO8/c1-6-7-8-9-10-11-12-13-14-15-19-24-29(32(38)40-5)42-31(37)28(35-33(39)43-34(2,3)4)23-20-25-30(36)41-26-27-21-17-16-18-22-27/h16-18,21-22,28-29H,6-15,19-20,23-26H2,1-5H3,(H,35,39)/t28-,29?/m0/s1. The zero-order valence-electron chi connectivity index (χ0n) is 27.1. The Hall–Kier alpha value is -3.10. The molecular weight excluding hydrogens is 550 g/mol. The maximum Gasteiger partial charge on any atom is 0.408 e. The summed E-state index contributed by atoms with van der Waals surface area (Å²) in [6.45, 7) is 7.51. The van der Waals surface area contributed by atoms with Gasteiger partial charge in [-0.05, 0) is 52.0 Å². The monoisotopic (exact) mass is 605 g/mol. The maximum atomic E-state index is 13.1. The van der Waals surface area contributed by atoms with Gasteiger partial charge in [-0.25, -0.2) is 14.4 Å². The lowest BCUT2D eigenvalue weighted by Crippen LogP contribution is -2.46. The Morgan fingerprint density at radius 3 is 1.91 bits per heavy atom. The molecule has 1 unspecified atom stereocenters. The third-order valence-corrected chi connectivity index (χ3v) is 6.88. The number of esters is 3. The van der Waals surface area contributed by atoms with Crippen molar-refractivity contribution < 1.29 is 38.1 Å². The Kier molecular flexibility index (Phi) is 19.8. The van der Waals surface area contributed by atoms with Gasteiger partial charge in [0.2, 0.25) is 0 Å². The summed E-state index contributed by atoms with van der Waals surface area (Å²) in [4.78, 5) is 50.3. The van der Waals surface area contributed by atoms with Crippen molar-refractivity contribution in [3.05, 3.63) is 35.9 Å². The molecule has 0 aliphatic heterocycles. The van der Waals surface area contributed by atoms with Gasteiger partial charge in [-0.3, -0.25) is 4.79 Å². The van der Waals surface area contributed by atoms with Crippen molar-refractivity contribution in [2.45, 2.75) is 148 Å². The topological polar surface area (TPSA) is 117 Å². The van der Waals surface area contributed by atoms with E-state index in [-0.39, 0.29) is 25.9 Å². The van der Waals surface area contributed by atoms with Crippen LogP contribution in [0.5, 0.6) is 0 Å². The highest BCUT2D eigenvalue weighted by atomic mass is 16.6. The molecule has 9 heteroatoms. The first kappa shape index (κ1) is 37.9. The minimum Gasteiger partial charge on any atom is -0.466 e. The molecule has 9 nitrogen and oxygen atoms in total. The number of carbonyl (C=O) groups is 4. The number of hydrogen-bond donors (Lipinski definition) is 1. The van der Waals surface area contributed by atoms with Crippen LogP contribution < -0.4 is 5.32 Å². The first-order valence-corrected chi connectivity index (χ1v) is 16.0. The van der Waals surface area contributed by atoms with Crippen LogP contribution in [0.15, 0.2) is 30.3 Å². The lowest BCUT2D eigenvalue weighted by atomic mass is 10.0. The van der Waals surface area contributed by atoms with Crippen LogP contribution in [0, 0.1) is 0 Å². The Balaban J connectivity index is 2.59. The molecule has 1 amide bonds. The average Bonchev–Trinajstić information content (AvgIpc) is 2.96. The zero-order valence-corrected chi connectivity index (χ0v) is 27.1. The molecule has 0 spiro atoms. The largest absolute Gasteiger partial charge is 0.466 e. The average molecular weight is 606 g/mol. The first-order valence-electron chi connectivity index (χ1n) is 16.0. The van der Waals surface area contributed by atoms with Crippen LogP contribution in [-0.4, -0.2) is 48.9 Å². The Labute approximate surface area is 258 Å². The normalized spacial score (nSPS) is 12.6. The molecule has 0 aliphatic carbocycles. The predicted octanol–water partition coefficient (Wildman–Crippen LogP) is 7.58. The van der Waals surface area contributed by atoms with E-state index in [1.165, 1.54) is 52.1 Å². The molecule has 0 aromatic heterocycles. The van der Waals surface area contributed by atoms with Crippen LogP contribution >= 0.6 is 0 Å². The molecule has 0 saturated heterocycles. The lowest BCUT2D eigenvalue weighted by Gasteiger charge is -2.24. The SMILES string of the molecule is CCCCCCCCCCCCCC(OC(=O)[C@H](CCCC(=O)OCc1ccccc1)NC(=O)OC(C)(C)C)C(=O)OC. The van der Waals surface area contributed by atoms with Crippen molar-refractivity contribution in [2.75, 3.05) is 7.11 Å². The van der Waals surface area contributed by atoms with E-state index in [2.05, 4.69) is 12.2 Å². The highest BCUT2D eigenvalue weighted by Crippen LogP contribution is 2.16. The van der Waals surface area contributed by atoms with Crippen LogP contribution in [0.25, 0.3) is 0 Å². The summed E-state index contributed by atoms with van der Waals surface area (Å²) in [6.07, 6.45) is 11.6. The molecule has 0 saturated carbocycles. The minimum atomic E-state index is -1.11. The number of unbranched alkanes of at least 4 members (excludes halogenated alkanes) is 10. The van der Waals surface area contributed by atoms with Crippen LogP contribution in [0.1, 0.15) is 130 Å². The van der Waals surface area contributed by atoms with E-state index in [0.29, 0.717) is 12.8 Å². The molecule has 2 atom stereocenters. The molecule has 1 aromatic rings. The highest BCUT2D eigenvalue weighted by Gasteiger charge is 2.30. The van der Waals surface area contributed by atoms with Crippen LogP contribution in [-0.2, 0) is 39.9 Å². The predicted molar refractivity (Wildman–Crippen MR) is 166 cm³/mol. The van der Waals surface area contributed by atoms with E-state index in [4.69, 9.17) is 18.9 Å². The van der Waals surface area contributed by atoms with Gasteiger partial charge in [-0.1, -0.05) is 101 Å². The van der Waals surface area contributed by atoms with Crippen molar-refractivity contribution in [1.29, 1.82) is 0 Å². The van der Waals surface area contributed by atoms with E-state index >= 15 is 0 Å². The van der Waals surface area contributed by atoms with Gasteiger partial charge in [0.05, 0.1) is 7.11 Å². The lowest BCUT2D eigenvalue weighted by molar-refractivity contribution is -0.168. The fraction of sp³-hybridized carbons (Fsp3) is 0.706. The van der Waals surface area contributed by atoms with Crippen molar-refractivity contribution in [3.63, 3.8) is 0 Å². The molecule has 0 bridgehead atoms. The van der Waals surface area contributed by atoms with Gasteiger partial charge in [-0.15, -0.1) is 0 Å². The summed E-state index contributed by atoms with van der Waals surface area (Å²) in [6, 6.07) is 8.21. The Morgan fingerprint density at radius 1 is 0.767 bits per heavy atom. The van der Waals surface area contributed by atoms with Crippen LogP contribution in [0.4, 0.5) is 4.79 Å². The van der Waals surface area contributed by atoms with E-state index in [9.17, 15) is 19.2 Å². The molecule has 244 valence electrons. The fourth-order valence-electron chi connectivity index (χ4n) is 4.53. The van der Waals surface area contributed by atoms with E-state index in [1.54, 1.807) is 20.8 Å². The smallest absolute Gasteiger partial charge is 0.408 e. The number of rotatable bonds is 22. The van der Waals surface area contributed by atoms with E-state index in [1.807, 2.05) is 30.3 Å². The third-order valence-electron chi connectivity index (χ3n) is 6.88. The Morgan fingerprint density at radius 2 is 1.35 bits per heavy atom. The molecule has 1 N–H and O–H groups in total. The van der Waals surface area contributed by atoms with Gasteiger partial charge in [0.15, 0.2) is 6.10 Å². The number of amides is 1. The molecule has 0 fully saturated rings.